The second-order valence-electron chi connectivity index (χ2n) is 4.58. The van der Waals surface area contributed by atoms with Crippen molar-refractivity contribution < 1.29 is 15.0 Å². The molecule has 0 amide bonds. The molecule has 0 saturated carbocycles. The quantitative estimate of drug-likeness (QED) is 0.705. The van der Waals surface area contributed by atoms with E-state index in [-0.39, 0.29) is 0 Å². The molecule has 19 heavy (non-hydrogen) atoms. The van der Waals surface area contributed by atoms with Gasteiger partial charge in [-0.25, -0.2) is 0 Å². The van der Waals surface area contributed by atoms with Crippen molar-refractivity contribution in [3.63, 3.8) is 0 Å². The Bertz CT molecular complexity index is 655. The second-order valence-corrected chi connectivity index (χ2v) is 4.58. The molecule has 1 aliphatic carbocycles. The fourth-order valence-electron chi connectivity index (χ4n) is 2.43. The molecular weight excluding hydrogens is 240 g/mol. The minimum atomic E-state index is -0.833. The highest BCUT2D eigenvalue weighted by Gasteiger charge is 2.19. The minimum Gasteiger partial charge on any atom is -0.512 e. The molecular formula is C16H16O3. The predicted molar refractivity (Wildman–Crippen MR) is 76.2 cm³/mol. The number of carboxylic acids is 1. The van der Waals surface area contributed by atoms with Crippen molar-refractivity contribution in [1.29, 1.82) is 0 Å². The number of carboxylic acid groups (broad SMARTS) is 1. The van der Waals surface area contributed by atoms with Crippen molar-refractivity contribution in [2.75, 3.05) is 0 Å². The highest BCUT2D eigenvalue weighted by atomic mass is 16.4. The number of hydrogen-bond donors (Lipinski definition) is 2. The van der Waals surface area contributed by atoms with Gasteiger partial charge in [0, 0.05) is 18.9 Å². The summed E-state index contributed by atoms with van der Waals surface area (Å²) in [6.45, 7) is 2.85. The van der Waals surface area contributed by atoms with E-state index in [0.29, 0.717) is 5.76 Å². The smallest absolute Gasteiger partial charge is 0.300 e. The van der Waals surface area contributed by atoms with Gasteiger partial charge >= 0.3 is 0 Å². The predicted octanol–water partition coefficient (Wildman–Crippen LogP) is 3.78. The fraction of sp³-hybridized carbons (Fsp3) is 0.188. The first kappa shape index (κ1) is 13.1. The van der Waals surface area contributed by atoms with Gasteiger partial charge in [-0.1, -0.05) is 36.4 Å². The van der Waals surface area contributed by atoms with Crippen LogP contribution in [0.1, 0.15) is 25.0 Å². The molecule has 2 aromatic carbocycles. The molecule has 98 valence electrons. The summed E-state index contributed by atoms with van der Waals surface area (Å²) in [5.41, 5.74) is 3.59. The van der Waals surface area contributed by atoms with Gasteiger partial charge in [0.1, 0.15) is 0 Å². The fourth-order valence-corrected chi connectivity index (χ4v) is 2.43. The first-order chi connectivity index (χ1) is 9.00. The minimum absolute atomic E-state index is 0.443. The third-order valence-corrected chi connectivity index (χ3v) is 3.12. The third kappa shape index (κ3) is 2.60. The summed E-state index contributed by atoms with van der Waals surface area (Å²) in [6, 6.07) is 12.6. The van der Waals surface area contributed by atoms with Crippen molar-refractivity contribution in [2.45, 2.75) is 20.3 Å². The van der Waals surface area contributed by atoms with E-state index in [9.17, 15) is 5.11 Å². The molecule has 0 unspecified atom stereocenters. The summed E-state index contributed by atoms with van der Waals surface area (Å²) >= 11 is 0. The van der Waals surface area contributed by atoms with Crippen LogP contribution in [0, 0.1) is 0 Å². The first-order valence-electron chi connectivity index (χ1n) is 6.10. The van der Waals surface area contributed by atoms with Crippen molar-refractivity contribution in [2.24, 2.45) is 0 Å². The van der Waals surface area contributed by atoms with E-state index in [1.165, 1.54) is 21.9 Å². The standard InChI is InChI=1S/C14H12O.C2H4O2/c1-9(15)13-8-11-6-2-4-10-5-3-7-12(13)14(10)11;1-2(3)4/h2-7,15H,8H2,1H3;1H3,(H,3,4)/b13-9+;. The normalized spacial score (nSPS) is 14.8. The lowest BCUT2D eigenvalue weighted by Crippen LogP contribution is -1.84. The Morgan fingerprint density at radius 3 is 2.21 bits per heavy atom. The van der Waals surface area contributed by atoms with Crippen LogP contribution in [0.5, 0.6) is 0 Å². The van der Waals surface area contributed by atoms with Gasteiger partial charge in [-0.3, -0.25) is 4.79 Å². The van der Waals surface area contributed by atoms with Crippen molar-refractivity contribution in [1.82, 2.24) is 0 Å². The molecule has 0 bridgehead atoms. The van der Waals surface area contributed by atoms with Gasteiger partial charge < -0.3 is 10.2 Å². The lowest BCUT2D eigenvalue weighted by molar-refractivity contribution is -0.134. The van der Waals surface area contributed by atoms with E-state index in [2.05, 4.69) is 36.4 Å². The van der Waals surface area contributed by atoms with Gasteiger partial charge in [-0.15, -0.1) is 0 Å². The molecule has 1 aliphatic rings. The molecule has 2 N–H and O–H groups in total. The number of allylic oxidation sites excluding steroid dienone is 2. The Morgan fingerprint density at radius 2 is 1.63 bits per heavy atom. The van der Waals surface area contributed by atoms with Gasteiger partial charge in [0.05, 0.1) is 5.76 Å². The first-order valence-corrected chi connectivity index (χ1v) is 6.10. The maximum absolute atomic E-state index is 9.66. The van der Waals surface area contributed by atoms with Crippen LogP contribution in [0.2, 0.25) is 0 Å². The van der Waals surface area contributed by atoms with E-state index in [1.807, 2.05) is 0 Å². The largest absolute Gasteiger partial charge is 0.512 e. The number of hydrogen-bond acceptors (Lipinski definition) is 2. The van der Waals surface area contributed by atoms with Crippen LogP contribution in [0.25, 0.3) is 16.3 Å². The lowest BCUT2D eigenvalue weighted by atomic mass is 10.0. The molecule has 0 aliphatic heterocycles. The Hall–Kier alpha value is -2.29. The zero-order chi connectivity index (χ0) is 14.0. The number of benzene rings is 2. The van der Waals surface area contributed by atoms with Crippen LogP contribution in [-0.4, -0.2) is 16.2 Å². The number of carbonyl (C=O) groups is 1. The zero-order valence-corrected chi connectivity index (χ0v) is 11.0. The van der Waals surface area contributed by atoms with E-state index < -0.39 is 5.97 Å². The number of rotatable bonds is 0. The van der Waals surface area contributed by atoms with Crippen molar-refractivity contribution >= 4 is 22.3 Å². The molecule has 3 nitrogen and oxygen atoms in total. The zero-order valence-electron chi connectivity index (χ0n) is 11.0. The van der Waals surface area contributed by atoms with Crippen LogP contribution < -0.4 is 0 Å². The van der Waals surface area contributed by atoms with Crippen LogP contribution in [-0.2, 0) is 11.2 Å². The van der Waals surface area contributed by atoms with Crippen molar-refractivity contribution in [3.8, 4) is 0 Å². The summed E-state index contributed by atoms with van der Waals surface area (Å²) in [7, 11) is 0. The van der Waals surface area contributed by atoms with Crippen LogP contribution in [0.4, 0.5) is 0 Å². The maximum Gasteiger partial charge on any atom is 0.300 e. The molecule has 0 radical (unpaired) electrons. The molecule has 0 saturated heterocycles. The van der Waals surface area contributed by atoms with Crippen molar-refractivity contribution in [3.05, 3.63) is 53.3 Å². The highest BCUT2D eigenvalue weighted by Crippen LogP contribution is 2.38. The lowest BCUT2D eigenvalue weighted by Gasteiger charge is -2.01. The molecule has 2 aromatic rings. The highest BCUT2D eigenvalue weighted by molar-refractivity contribution is 6.01. The summed E-state index contributed by atoms with van der Waals surface area (Å²) in [6.07, 6.45) is 0.860. The number of aliphatic hydroxyl groups excluding tert-OH is 1. The maximum atomic E-state index is 9.66. The number of aliphatic carboxylic acids is 1. The Morgan fingerprint density at radius 1 is 1.05 bits per heavy atom. The van der Waals surface area contributed by atoms with Gasteiger partial charge in [-0.2, -0.15) is 0 Å². The summed E-state index contributed by atoms with van der Waals surface area (Å²) < 4.78 is 0. The molecule has 3 rings (SSSR count). The second kappa shape index (κ2) is 5.14. The van der Waals surface area contributed by atoms with Crippen LogP contribution >= 0.6 is 0 Å². The molecule has 0 fully saturated rings. The number of aliphatic hydroxyl groups is 1. The monoisotopic (exact) mass is 256 g/mol. The van der Waals surface area contributed by atoms with E-state index in [0.717, 1.165) is 18.9 Å². The SMILES string of the molecule is C/C(O)=C1/Cc2cccc3cccc1c23.CC(=O)O. The van der Waals surface area contributed by atoms with E-state index in [4.69, 9.17) is 9.90 Å². The average molecular weight is 256 g/mol. The van der Waals surface area contributed by atoms with E-state index in [1.54, 1.807) is 6.92 Å². The molecule has 0 spiro atoms. The summed E-state index contributed by atoms with van der Waals surface area (Å²) in [5, 5.41) is 19.6. The summed E-state index contributed by atoms with van der Waals surface area (Å²) in [4.78, 5) is 9.00. The van der Waals surface area contributed by atoms with Gasteiger partial charge in [-0.05, 0) is 28.8 Å². The van der Waals surface area contributed by atoms with Gasteiger partial charge in [0.25, 0.3) is 5.97 Å². The van der Waals surface area contributed by atoms with Gasteiger partial charge in [0.2, 0.25) is 0 Å². The topological polar surface area (TPSA) is 57.5 Å². The average Bonchev–Trinajstić information content (AvgIpc) is 2.71. The molecule has 0 heterocycles. The Kier molecular flexibility index (Phi) is 3.56. The van der Waals surface area contributed by atoms with Crippen LogP contribution in [0.15, 0.2) is 42.2 Å². The Labute approximate surface area is 111 Å². The molecule has 0 aromatic heterocycles. The van der Waals surface area contributed by atoms with Gasteiger partial charge in [0.15, 0.2) is 0 Å². The molecule has 0 atom stereocenters. The van der Waals surface area contributed by atoms with E-state index >= 15 is 0 Å². The third-order valence-electron chi connectivity index (χ3n) is 3.12. The summed E-state index contributed by atoms with van der Waals surface area (Å²) in [5.74, 6) is -0.390. The Balaban J connectivity index is 0.000000297. The molecule has 3 heteroatoms. The van der Waals surface area contributed by atoms with Crippen LogP contribution in [0.3, 0.4) is 0 Å².